The third-order valence-corrected chi connectivity index (χ3v) is 5.24. The van der Waals surface area contributed by atoms with Gasteiger partial charge >= 0.3 is 0 Å². The first-order chi connectivity index (χ1) is 8.75. The number of hydrogen-bond acceptors (Lipinski definition) is 2. The molecule has 3 saturated carbocycles. The third-order valence-electron chi connectivity index (χ3n) is 5.24. The number of hydrogen-bond donors (Lipinski definition) is 2. The van der Waals surface area contributed by atoms with E-state index in [0.29, 0.717) is 17.3 Å². The summed E-state index contributed by atoms with van der Waals surface area (Å²) in [6.07, 6.45) is 4.17. The van der Waals surface area contributed by atoms with Gasteiger partial charge in [0.2, 0.25) is 0 Å². The quantitative estimate of drug-likeness (QED) is 0.780. The van der Waals surface area contributed by atoms with Crippen LogP contribution in [0, 0.1) is 23.7 Å². The van der Waals surface area contributed by atoms with Gasteiger partial charge in [0.05, 0.1) is 5.56 Å². The molecule has 1 aromatic rings. The number of rotatable bonds is 2. The van der Waals surface area contributed by atoms with Gasteiger partial charge in [-0.3, -0.25) is 4.79 Å². The van der Waals surface area contributed by atoms with Crippen molar-refractivity contribution in [2.24, 2.45) is 23.7 Å². The van der Waals surface area contributed by atoms with Gasteiger partial charge in [0.1, 0.15) is 0 Å². The van der Waals surface area contributed by atoms with E-state index in [-0.39, 0.29) is 5.91 Å². The predicted molar refractivity (Wildman–Crippen MR) is 69.9 cm³/mol. The average Bonchev–Trinajstić information content (AvgIpc) is 2.77. The fourth-order valence-electron chi connectivity index (χ4n) is 4.45. The molecule has 1 amide bonds. The van der Waals surface area contributed by atoms with Crippen LogP contribution in [0.4, 0.5) is 5.69 Å². The molecule has 0 saturated heterocycles. The highest BCUT2D eigenvalue weighted by molar-refractivity contribution is 5.99. The minimum Gasteiger partial charge on any atom is -0.398 e. The van der Waals surface area contributed by atoms with Crippen LogP contribution in [0.25, 0.3) is 0 Å². The first-order valence-corrected chi connectivity index (χ1v) is 6.91. The van der Waals surface area contributed by atoms with Crippen LogP contribution < -0.4 is 11.1 Å². The third kappa shape index (κ3) is 1.33. The molecule has 4 rings (SSSR count). The molecule has 2 bridgehead atoms. The molecular formula is C15H18N2O. The number of nitrogen functional groups attached to an aromatic ring is 1. The highest BCUT2D eigenvalue weighted by atomic mass is 16.1. The molecule has 0 heterocycles. The fourth-order valence-corrected chi connectivity index (χ4v) is 4.45. The van der Waals surface area contributed by atoms with E-state index in [1.165, 1.54) is 19.3 Å². The summed E-state index contributed by atoms with van der Waals surface area (Å²) in [7, 11) is 0. The molecule has 94 valence electrons. The van der Waals surface area contributed by atoms with Crippen molar-refractivity contribution < 1.29 is 4.79 Å². The lowest BCUT2D eigenvalue weighted by atomic mass is 10.0. The summed E-state index contributed by atoms with van der Waals surface area (Å²) in [4.78, 5) is 12.2. The summed E-state index contributed by atoms with van der Waals surface area (Å²) in [5.74, 6) is 3.33. The summed E-state index contributed by atoms with van der Waals surface area (Å²) in [5, 5.41) is 3.19. The Morgan fingerprint density at radius 1 is 1.17 bits per heavy atom. The molecule has 3 nitrogen and oxygen atoms in total. The summed E-state index contributed by atoms with van der Waals surface area (Å²) < 4.78 is 0. The number of carbonyl (C=O) groups is 1. The van der Waals surface area contributed by atoms with Gasteiger partial charge in [0, 0.05) is 11.7 Å². The second-order valence-corrected chi connectivity index (χ2v) is 6.07. The zero-order chi connectivity index (χ0) is 12.3. The molecule has 0 spiro atoms. The van der Waals surface area contributed by atoms with Crippen molar-refractivity contribution in [1.82, 2.24) is 5.32 Å². The Hall–Kier alpha value is -1.51. The maximum atomic E-state index is 12.2. The molecule has 4 unspecified atom stereocenters. The number of nitrogens with two attached hydrogens (primary N) is 1. The number of nitrogens with one attached hydrogen (secondary N) is 1. The summed E-state index contributed by atoms with van der Waals surface area (Å²) in [6.45, 7) is 0. The molecule has 0 aliphatic heterocycles. The number of anilines is 1. The monoisotopic (exact) mass is 242 g/mol. The highest BCUT2D eigenvalue weighted by Gasteiger charge is 2.65. The zero-order valence-corrected chi connectivity index (χ0v) is 10.3. The van der Waals surface area contributed by atoms with E-state index in [0.717, 1.165) is 23.7 Å². The molecule has 0 aromatic heterocycles. The molecule has 3 fully saturated rings. The summed E-state index contributed by atoms with van der Waals surface area (Å²) in [6, 6.07) is 7.74. The topological polar surface area (TPSA) is 55.1 Å². The molecule has 18 heavy (non-hydrogen) atoms. The number of carbonyl (C=O) groups excluding carboxylic acids is 1. The highest BCUT2D eigenvalue weighted by Crippen LogP contribution is 2.65. The molecule has 3 aliphatic rings. The molecule has 3 aliphatic carbocycles. The van der Waals surface area contributed by atoms with Crippen LogP contribution in [0.15, 0.2) is 24.3 Å². The molecule has 0 radical (unpaired) electrons. The van der Waals surface area contributed by atoms with Crippen molar-refractivity contribution in [1.29, 1.82) is 0 Å². The molecule has 3 heteroatoms. The Morgan fingerprint density at radius 3 is 2.50 bits per heavy atom. The van der Waals surface area contributed by atoms with Gasteiger partial charge in [0.15, 0.2) is 0 Å². The van der Waals surface area contributed by atoms with Gasteiger partial charge in [-0.2, -0.15) is 0 Å². The number of amides is 1. The summed E-state index contributed by atoms with van der Waals surface area (Å²) in [5.41, 5.74) is 7.03. The van der Waals surface area contributed by atoms with Crippen LogP contribution in [0.2, 0.25) is 0 Å². The zero-order valence-electron chi connectivity index (χ0n) is 10.3. The van der Waals surface area contributed by atoms with Crippen LogP contribution in [-0.4, -0.2) is 11.9 Å². The molecular weight excluding hydrogens is 224 g/mol. The van der Waals surface area contributed by atoms with Crippen molar-refractivity contribution in [3.63, 3.8) is 0 Å². The van der Waals surface area contributed by atoms with E-state index in [4.69, 9.17) is 5.73 Å². The van der Waals surface area contributed by atoms with E-state index in [2.05, 4.69) is 5.32 Å². The normalized spacial score (nSPS) is 39.4. The van der Waals surface area contributed by atoms with Gasteiger partial charge in [-0.05, 0) is 55.1 Å². The van der Waals surface area contributed by atoms with E-state index in [1.807, 2.05) is 12.1 Å². The molecule has 1 aromatic carbocycles. The van der Waals surface area contributed by atoms with Gasteiger partial charge in [-0.25, -0.2) is 0 Å². The lowest BCUT2D eigenvalue weighted by Gasteiger charge is -2.11. The van der Waals surface area contributed by atoms with Crippen molar-refractivity contribution in [3.05, 3.63) is 29.8 Å². The van der Waals surface area contributed by atoms with E-state index < -0.39 is 0 Å². The van der Waals surface area contributed by atoms with Gasteiger partial charge in [-0.1, -0.05) is 12.1 Å². The Kier molecular flexibility index (Phi) is 2.02. The van der Waals surface area contributed by atoms with Crippen LogP contribution in [0.5, 0.6) is 0 Å². The average molecular weight is 242 g/mol. The van der Waals surface area contributed by atoms with Crippen molar-refractivity contribution in [2.75, 3.05) is 5.73 Å². The minimum atomic E-state index is 0.00639. The minimum absolute atomic E-state index is 0.00639. The lowest BCUT2D eigenvalue weighted by molar-refractivity contribution is 0.0945. The Bertz CT molecular complexity index is 497. The number of benzene rings is 1. The maximum Gasteiger partial charge on any atom is 0.253 e. The van der Waals surface area contributed by atoms with Gasteiger partial charge in [0.25, 0.3) is 5.91 Å². The number of para-hydroxylation sites is 1. The SMILES string of the molecule is Nc1ccccc1C(=O)NC1C2C3CCC(C3)C12. The first-order valence-electron chi connectivity index (χ1n) is 6.91. The smallest absolute Gasteiger partial charge is 0.253 e. The lowest BCUT2D eigenvalue weighted by Crippen LogP contribution is -2.30. The van der Waals surface area contributed by atoms with E-state index in [9.17, 15) is 4.79 Å². The Labute approximate surface area is 107 Å². The van der Waals surface area contributed by atoms with Crippen LogP contribution in [0.3, 0.4) is 0 Å². The van der Waals surface area contributed by atoms with Crippen LogP contribution >= 0.6 is 0 Å². The largest absolute Gasteiger partial charge is 0.398 e. The van der Waals surface area contributed by atoms with Crippen molar-refractivity contribution in [2.45, 2.75) is 25.3 Å². The van der Waals surface area contributed by atoms with E-state index >= 15 is 0 Å². The standard InChI is InChI=1S/C15H18N2O/c16-11-4-2-1-3-10(11)15(18)17-14-12-8-5-6-9(7-8)13(12)14/h1-4,8-9,12-14H,5-7,16H2,(H,17,18). The fraction of sp³-hybridized carbons (Fsp3) is 0.533. The second kappa shape index (κ2) is 3.50. The van der Waals surface area contributed by atoms with Crippen LogP contribution in [0.1, 0.15) is 29.6 Å². The van der Waals surface area contributed by atoms with Crippen molar-refractivity contribution in [3.8, 4) is 0 Å². The van der Waals surface area contributed by atoms with E-state index in [1.54, 1.807) is 12.1 Å². The molecule has 3 N–H and O–H groups in total. The van der Waals surface area contributed by atoms with Crippen LogP contribution in [-0.2, 0) is 0 Å². The predicted octanol–water partition coefficient (Wildman–Crippen LogP) is 2.04. The maximum absolute atomic E-state index is 12.2. The van der Waals surface area contributed by atoms with Crippen molar-refractivity contribution >= 4 is 11.6 Å². The first kappa shape index (κ1) is 10.4. The Balaban J connectivity index is 1.48. The Morgan fingerprint density at radius 2 is 1.83 bits per heavy atom. The molecule has 4 atom stereocenters. The second-order valence-electron chi connectivity index (χ2n) is 6.07. The van der Waals surface area contributed by atoms with Gasteiger partial charge < -0.3 is 11.1 Å². The van der Waals surface area contributed by atoms with Gasteiger partial charge in [-0.15, -0.1) is 0 Å². The summed E-state index contributed by atoms with van der Waals surface area (Å²) >= 11 is 0. The number of fused-ring (bicyclic) bond motifs is 5.